The van der Waals surface area contributed by atoms with Gasteiger partial charge < -0.3 is 5.32 Å². The van der Waals surface area contributed by atoms with Crippen LogP contribution in [0.2, 0.25) is 5.02 Å². The molecule has 1 N–H and O–H groups in total. The molecule has 0 atom stereocenters. The van der Waals surface area contributed by atoms with Gasteiger partial charge in [-0.2, -0.15) is 0 Å². The Balaban J connectivity index is 2.10. The van der Waals surface area contributed by atoms with E-state index >= 15 is 0 Å². The summed E-state index contributed by atoms with van der Waals surface area (Å²) in [7, 11) is 0. The molecule has 0 aliphatic rings. The molecule has 0 fully saturated rings. The van der Waals surface area contributed by atoms with Crippen molar-refractivity contribution in [2.24, 2.45) is 0 Å². The quantitative estimate of drug-likeness (QED) is 0.680. The molecule has 0 radical (unpaired) electrons. The first kappa shape index (κ1) is 12.3. The normalized spacial score (nSPS) is 9.83. The SMILES string of the molecule is O=C(Nc1ccccc1)C(=O)c1ccc(Cl)cc1. The number of Topliss-reactive ketones (excluding diaryl/α,β-unsaturated/α-hetero) is 1. The molecule has 2 rings (SSSR count). The number of anilines is 1. The molecule has 4 heteroatoms. The van der Waals surface area contributed by atoms with E-state index in [9.17, 15) is 9.59 Å². The van der Waals surface area contributed by atoms with Crippen LogP contribution in [0, 0.1) is 0 Å². The summed E-state index contributed by atoms with van der Waals surface area (Å²) in [6, 6.07) is 15.0. The van der Waals surface area contributed by atoms with Crippen LogP contribution in [0.5, 0.6) is 0 Å². The molecule has 3 nitrogen and oxygen atoms in total. The van der Waals surface area contributed by atoms with Crippen LogP contribution in [0.4, 0.5) is 5.69 Å². The molecule has 90 valence electrons. The number of benzene rings is 2. The van der Waals surface area contributed by atoms with Gasteiger partial charge in [0.15, 0.2) is 0 Å². The van der Waals surface area contributed by atoms with Crippen molar-refractivity contribution in [2.45, 2.75) is 0 Å². The van der Waals surface area contributed by atoms with Crippen molar-refractivity contribution in [3.8, 4) is 0 Å². The second kappa shape index (κ2) is 5.47. The average Bonchev–Trinajstić information content (AvgIpc) is 2.40. The highest BCUT2D eigenvalue weighted by molar-refractivity contribution is 6.46. The molecule has 18 heavy (non-hydrogen) atoms. The molecular formula is C14H10ClNO2. The minimum Gasteiger partial charge on any atom is -0.319 e. The predicted octanol–water partition coefficient (Wildman–Crippen LogP) is 3.16. The van der Waals surface area contributed by atoms with Gasteiger partial charge in [0.05, 0.1) is 0 Å². The summed E-state index contributed by atoms with van der Waals surface area (Å²) >= 11 is 5.71. The zero-order valence-corrected chi connectivity index (χ0v) is 10.1. The number of carbonyl (C=O) groups excluding carboxylic acids is 2. The second-order valence-electron chi connectivity index (χ2n) is 3.66. The molecule has 0 saturated carbocycles. The summed E-state index contributed by atoms with van der Waals surface area (Å²) in [5.74, 6) is -1.25. The third-order valence-electron chi connectivity index (χ3n) is 2.34. The monoisotopic (exact) mass is 259 g/mol. The van der Waals surface area contributed by atoms with Gasteiger partial charge in [-0.15, -0.1) is 0 Å². The summed E-state index contributed by atoms with van der Waals surface area (Å²) in [6.45, 7) is 0. The molecule has 0 spiro atoms. The fourth-order valence-electron chi connectivity index (χ4n) is 1.44. The van der Waals surface area contributed by atoms with E-state index in [1.54, 1.807) is 36.4 Å². The van der Waals surface area contributed by atoms with E-state index in [1.807, 2.05) is 6.07 Å². The number of halogens is 1. The highest BCUT2D eigenvalue weighted by Gasteiger charge is 2.15. The number of para-hydroxylation sites is 1. The zero-order valence-electron chi connectivity index (χ0n) is 9.39. The maximum atomic E-state index is 11.8. The minimum atomic E-state index is -0.663. The topological polar surface area (TPSA) is 46.2 Å². The van der Waals surface area contributed by atoms with Gasteiger partial charge >= 0.3 is 0 Å². The third-order valence-corrected chi connectivity index (χ3v) is 2.60. The molecule has 0 aliphatic carbocycles. The first-order valence-electron chi connectivity index (χ1n) is 5.33. The van der Waals surface area contributed by atoms with Gasteiger partial charge in [0.25, 0.3) is 11.7 Å². The van der Waals surface area contributed by atoms with Gasteiger partial charge in [0.1, 0.15) is 0 Å². The van der Waals surface area contributed by atoms with Crippen LogP contribution in [0.25, 0.3) is 0 Å². The highest BCUT2D eigenvalue weighted by atomic mass is 35.5. The fourth-order valence-corrected chi connectivity index (χ4v) is 1.57. The van der Waals surface area contributed by atoms with E-state index in [0.29, 0.717) is 16.3 Å². The number of rotatable bonds is 3. The van der Waals surface area contributed by atoms with E-state index in [-0.39, 0.29) is 0 Å². The first-order chi connectivity index (χ1) is 8.66. The van der Waals surface area contributed by atoms with E-state index in [0.717, 1.165) is 0 Å². The minimum absolute atomic E-state index is 0.313. The molecule has 0 aromatic heterocycles. The Morgan fingerprint density at radius 3 is 2.11 bits per heavy atom. The average molecular weight is 260 g/mol. The lowest BCUT2D eigenvalue weighted by Crippen LogP contribution is -2.22. The van der Waals surface area contributed by atoms with Crippen LogP contribution in [-0.4, -0.2) is 11.7 Å². The maximum Gasteiger partial charge on any atom is 0.296 e. The molecule has 1 amide bonds. The van der Waals surface area contributed by atoms with E-state index in [1.165, 1.54) is 12.1 Å². The summed E-state index contributed by atoms with van der Waals surface area (Å²) in [4.78, 5) is 23.5. The van der Waals surface area contributed by atoms with Crippen LogP contribution in [-0.2, 0) is 4.79 Å². The smallest absolute Gasteiger partial charge is 0.296 e. The first-order valence-corrected chi connectivity index (χ1v) is 5.71. The standard InChI is InChI=1S/C14H10ClNO2/c15-11-8-6-10(7-9-11)13(17)14(18)16-12-4-2-1-3-5-12/h1-9H,(H,16,18). The number of hydrogen-bond donors (Lipinski definition) is 1. The lowest BCUT2D eigenvalue weighted by atomic mass is 10.1. The third kappa shape index (κ3) is 2.96. The summed E-state index contributed by atoms with van der Waals surface area (Å²) < 4.78 is 0. The van der Waals surface area contributed by atoms with Crippen LogP contribution < -0.4 is 5.32 Å². The van der Waals surface area contributed by atoms with Gasteiger partial charge in [-0.25, -0.2) is 0 Å². The maximum absolute atomic E-state index is 11.8. The Morgan fingerprint density at radius 1 is 0.889 bits per heavy atom. The number of ketones is 1. The van der Waals surface area contributed by atoms with Gasteiger partial charge in [-0.05, 0) is 36.4 Å². The lowest BCUT2D eigenvalue weighted by molar-refractivity contribution is -0.112. The molecule has 0 unspecified atom stereocenters. The molecule has 2 aromatic rings. The van der Waals surface area contributed by atoms with E-state index in [4.69, 9.17) is 11.6 Å². The van der Waals surface area contributed by atoms with Crippen molar-refractivity contribution in [1.29, 1.82) is 0 Å². The zero-order chi connectivity index (χ0) is 13.0. The van der Waals surface area contributed by atoms with Crippen molar-refractivity contribution in [2.75, 3.05) is 5.32 Å². The van der Waals surface area contributed by atoms with Gasteiger partial charge in [0.2, 0.25) is 0 Å². The molecule has 0 aliphatic heterocycles. The van der Waals surface area contributed by atoms with Crippen molar-refractivity contribution in [3.63, 3.8) is 0 Å². The fraction of sp³-hybridized carbons (Fsp3) is 0. The van der Waals surface area contributed by atoms with Gasteiger partial charge in [0, 0.05) is 16.3 Å². The number of nitrogens with one attached hydrogen (secondary N) is 1. The second-order valence-corrected chi connectivity index (χ2v) is 4.09. The van der Waals surface area contributed by atoms with Crippen LogP contribution in [0.1, 0.15) is 10.4 Å². The Kier molecular flexibility index (Phi) is 3.75. The van der Waals surface area contributed by atoms with Crippen molar-refractivity contribution < 1.29 is 9.59 Å². The Labute approximate surface area is 109 Å². The Hall–Kier alpha value is -2.13. The summed E-state index contributed by atoms with van der Waals surface area (Å²) in [5.41, 5.74) is 0.901. The Morgan fingerprint density at radius 2 is 1.50 bits per heavy atom. The molecule has 2 aromatic carbocycles. The van der Waals surface area contributed by atoms with Crippen molar-refractivity contribution >= 4 is 29.0 Å². The Bertz CT molecular complexity index is 564. The van der Waals surface area contributed by atoms with Crippen LogP contribution in [0.3, 0.4) is 0 Å². The number of hydrogen-bond acceptors (Lipinski definition) is 2. The van der Waals surface area contributed by atoms with E-state index in [2.05, 4.69) is 5.32 Å². The van der Waals surface area contributed by atoms with Gasteiger partial charge in [-0.1, -0.05) is 29.8 Å². The van der Waals surface area contributed by atoms with Crippen molar-refractivity contribution in [3.05, 3.63) is 65.2 Å². The number of carbonyl (C=O) groups is 2. The number of amides is 1. The predicted molar refractivity (Wildman–Crippen MR) is 70.9 cm³/mol. The largest absolute Gasteiger partial charge is 0.319 e. The summed E-state index contributed by atoms with van der Waals surface area (Å²) in [5, 5.41) is 3.06. The summed E-state index contributed by atoms with van der Waals surface area (Å²) in [6.07, 6.45) is 0. The molecule has 0 heterocycles. The lowest BCUT2D eigenvalue weighted by Gasteiger charge is -2.04. The molecule has 0 saturated heterocycles. The van der Waals surface area contributed by atoms with E-state index < -0.39 is 11.7 Å². The molecular weight excluding hydrogens is 250 g/mol. The van der Waals surface area contributed by atoms with Crippen molar-refractivity contribution in [1.82, 2.24) is 0 Å². The van der Waals surface area contributed by atoms with Gasteiger partial charge in [-0.3, -0.25) is 9.59 Å². The highest BCUT2D eigenvalue weighted by Crippen LogP contribution is 2.11. The van der Waals surface area contributed by atoms with Crippen LogP contribution >= 0.6 is 11.6 Å². The van der Waals surface area contributed by atoms with Crippen LogP contribution in [0.15, 0.2) is 54.6 Å². The molecule has 0 bridgehead atoms.